The lowest BCUT2D eigenvalue weighted by Gasteiger charge is -2.24. The Hall–Kier alpha value is 0.457. The van der Waals surface area contributed by atoms with Gasteiger partial charge < -0.3 is 4.21 Å². The van der Waals surface area contributed by atoms with Crippen molar-refractivity contribution in [2.45, 2.75) is 19.1 Å². The van der Waals surface area contributed by atoms with Crippen LogP contribution in [0, 0.1) is 0 Å². The predicted molar refractivity (Wildman–Crippen MR) is 61.7 cm³/mol. The van der Waals surface area contributed by atoms with Crippen LogP contribution in [0.4, 0.5) is 0 Å². The lowest BCUT2D eigenvalue weighted by atomic mass is 10.8. The van der Waals surface area contributed by atoms with Crippen LogP contribution in [-0.4, -0.2) is 21.2 Å². The van der Waals surface area contributed by atoms with Crippen LogP contribution in [0.1, 0.15) is 0 Å². The first-order chi connectivity index (χ1) is 5.83. The molecule has 0 N–H and O–H groups in total. The topological polar surface area (TPSA) is 35.5 Å². The van der Waals surface area contributed by atoms with E-state index in [0.29, 0.717) is 0 Å². The van der Waals surface area contributed by atoms with Gasteiger partial charge in [-0.2, -0.15) is 0 Å². The van der Waals surface area contributed by atoms with Gasteiger partial charge in [-0.3, -0.25) is 4.57 Å². The molecule has 0 radical (unpaired) electrons. The van der Waals surface area contributed by atoms with Crippen LogP contribution in [0.3, 0.4) is 0 Å². The molecule has 0 aromatic heterocycles. The van der Waals surface area contributed by atoms with E-state index >= 15 is 0 Å². The molecule has 13 heavy (non-hydrogen) atoms. The SMILES string of the molecule is C=CC[Si](C)(C)OP(C)(=O)OSC. The summed E-state index contributed by atoms with van der Waals surface area (Å²) in [5.41, 5.74) is 0. The summed E-state index contributed by atoms with van der Waals surface area (Å²) in [4.78, 5) is 0. The van der Waals surface area contributed by atoms with E-state index in [2.05, 4.69) is 6.58 Å². The summed E-state index contributed by atoms with van der Waals surface area (Å²) in [6.45, 7) is 9.13. The van der Waals surface area contributed by atoms with E-state index in [1.807, 2.05) is 13.1 Å². The van der Waals surface area contributed by atoms with Gasteiger partial charge in [0.25, 0.3) is 0 Å². The lowest BCUT2D eigenvalue weighted by molar-refractivity contribution is 0.413. The Kier molecular flexibility index (Phi) is 5.55. The molecule has 0 aromatic carbocycles. The van der Waals surface area contributed by atoms with Crippen LogP contribution in [0.2, 0.25) is 19.1 Å². The molecule has 1 atom stereocenters. The smallest absolute Gasteiger partial charge is 0.329 e. The van der Waals surface area contributed by atoms with E-state index in [9.17, 15) is 4.57 Å². The van der Waals surface area contributed by atoms with Gasteiger partial charge in [0, 0.05) is 12.9 Å². The van der Waals surface area contributed by atoms with E-state index in [-0.39, 0.29) is 0 Å². The first kappa shape index (κ1) is 13.5. The van der Waals surface area contributed by atoms with Crippen molar-refractivity contribution >= 4 is 28.0 Å². The Balaban J connectivity index is 4.23. The Morgan fingerprint density at radius 3 is 2.54 bits per heavy atom. The maximum Gasteiger partial charge on any atom is 0.329 e. The Morgan fingerprint density at radius 2 is 2.15 bits per heavy atom. The molecule has 6 heteroatoms. The summed E-state index contributed by atoms with van der Waals surface area (Å²) in [5.74, 6) is 0. The van der Waals surface area contributed by atoms with Crippen molar-refractivity contribution in [1.82, 2.24) is 0 Å². The average molecular weight is 240 g/mol. The summed E-state index contributed by atoms with van der Waals surface area (Å²) in [6, 6.07) is 0.780. The Morgan fingerprint density at radius 1 is 1.62 bits per heavy atom. The number of hydrogen-bond acceptors (Lipinski definition) is 4. The maximum atomic E-state index is 11.6. The molecule has 1 unspecified atom stereocenters. The highest BCUT2D eigenvalue weighted by molar-refractivity contribution is 7.97. The first-order valence-corrected chi connectivity index (χ1v) is 10.2. The van der Waals surface area contributed by atoms with Gasteiger partial charge in [0.1, 0.15) is 0 Å². The van der Waals surface area contributed by atoms with Gasteiger partial charge in [-0.05, 0) is 31.2 Å². The van der Waals surface area contributed by atoms with Crippen molar-refractivity contribution in [3.05, 3.63) is 12.7 Å². The second-order valence-electron chi connectivity index (χ2n) is 3.36. The van der Waals surface area contributed by atoms with Crippen molar-refractivity contribution in [1.29, 1.82) is 0 Å². The summed E-state index contributed by atoms with van der Waals surface area (Å²) < 4.78 is 22.1. The van der Waals surface area contributed by atoms with Crippen molar-refractivity contribution in [2.24, 2.45) is 0 Å². The fourth-order valence-corrected chi connectivity index (χ4v) is 7.05. The minimum absolute atomic E-state index is 0.780. The quantitative estimate of drug-likeness (QED) is 0.308. The molecule has 0 aliphatic carbocycles. The van der Waals surface area contributed by atoms with Crippen molar-refractivity contribution in [2.75, 3.05) is 12.9 Å². The fraction of sp³-hybridized carbons (Fsp3) is 0.714. The predicted octanol–water partition coefficient (Wildman–Crippen LogP) is 3.51. The van der Waals surface area contributed by atoms with Gasteiger partial charge in [-0.15, -0.1) is 6.58 Å². The lowest BCUT2D eigenvalue weighted by Crippen LogP contribution is -2.27. The third-order valence-electron chi connectivity index (χ3n) is 1.26. The zero-order valence-electron chi connectivity index (χ0n) is 8.57. The molecule has 3 nitrogen and oxygen atoms in total. The largest absolute Gasteiger partial charge is 0.350 e. The highest BCUT2D eigenvalue weighted by Gasteiger charge is 2.30. The maximum absolute atomic E-state index is 11.6. The van der Waals surface area contributed by atoms with Crippen LogP contribution >= 0.6 is 19.6 Å². The Labute approximate surface area is 85.8 Å². The standard InChI is InChI=1S/C7H17O3PSSi/c1-6-7-13(4,5)10-11(2,8)9-12-3/h6H,1,7H2,2-5H3. The van der Waals surface area contributed by atoms with Gasteiger partial charge in [-0.25, -0.2) is 3.97 Å². The molecule has 0 aromatic rings. The molecule has 0 heterocycles. The van der Waals surface area contributed by atoms with Gasteiger partial charge >= 0.3 is 7.60 Å². The molecular weight excluding hydrogens is 223 g/mol. The fourth-order valence-electron chi connectivity index (χ4n) is 0.984. The second kappa shape index (κ2) is 5.37. The molecule has 0 spiro atoms. The van der Waals surface area contributed by atoms with Crippen LogP contribution in [0.5, 0.6) is 0 Å². The summed E-state index contributed by atoms with van der Waals surface area (Å²) in [7, 11) is -4.76. The molecule has 0 aliphatic heterocycles. The summed E-state index contributed by atoms with van der Waals surface area (Å²) in [5, 5.41) is 0. The first-order valence-electron chi connectivity index (χ1n) is 3.94. The van der Waals surface area contributed by atoms with Gasteiger partial charge in [-0.1, -0.05) is 6.08 Å². The van der Waals surface area contributed by atoms with E-state index < -0.39 is 15.9 Å². The third-order valence-corrected chi connectivity index (χ3v) is 7.51. The van der Waals surface area contributed by atoms with Gasteiger partial charge in [0.15, 0.2) is 0 Å². The highest BCUT2D eigenvalue weighted by atomic mass is 32.2. The molecule has 0 fully saturated rings. The second-order valence-corrected chi connectivity index (χ2v) is 10.5. The number of hydrogen-bond donors (Lipinski definition) is 0. The molecular formula is C7H17O3PSSi. The minimum Gasteiger partial charge on any atom is -0.350 e. The van der Waals surface area contributed by atoms with E-state index in [1.54, 1.807) is 12.3 Å². The molecule has 0 amide bonds. The van der Waals surface area contributed by atoms with Crippen molar-refractivity contribution in [3.8, 4) is 0 Å². The molecule has 0 bridgehead atoms. The van der Waals surface area contributed by atoms with Crippen LogP contribution in [0.15, 0.2) is 12.7 Å². The normalized spacial score (nSPS) is 16.6. The molecule has 0 saturated carbocycles. The zero-order valence-corrected chi connectivity index (χ0v) is 11.3. The monoisotopic (exact) mass is 240 g/mol. The molecule has 78 valence electrons. The van der Waals surface area contributed by atoms with E-state index in [0.717, 1.165) is 18.1 Å². The van der Waals surface area contributed by atoms with Crippen molar-refractivity contribution in [3.63, 3.8) is 0 Å². The van der Waals surface area contributed by atoms with Gasteiger partial charge in [0.2, 0.25) is 8.32 Å². The summed E-state index contributed by atoms with van der Waals surface area (Å²) >= 11 is 1.08. The minimum atomic E-state index is -2.87. The number of rotatable bonds is 6. The summed E-state index contributed by atoms with van der Waals surface area (Å²) in [6.07, 6.45) is 3.52. The number of allylic oxidation sites excluding steroid dienone is 1. The highest BCUT2D eigenvalue weighted by Crippen LogP contribution is 2.50. The van der Waals surface area contributed by atoms with Gasteiger partial charge in [0.05, 0.1) is 0 Å². The third kappa shape index (κ3) is 6.52. The molecule has 0 saturated heterocycles. The Bertz CT molecular complexity index is 220. The van der Waals surface area contributed by atoms with Crippen LogP contribution in [-0.2, 0) is 12.7 Å². The average Bonchev–Trinajstić information content (AvgIpc) is 1.82. The van der Waals surface area contributed by atoms with Crippen LogP contribution < -0.4 is 0 Å². The van der Waals surface area contributed by atoms with E-state index in [1.165, 1.54) is 6.66 Å². The van der Waals surface area contributed by atoms with Crippen molar-refractivity contribution < 1.29 is 12.7 Å². The molecule has 0 rings (SSSR count). The molecule has 0 aliphatic rings. The zero-order chi connectivity index (χ0) is 10.5. The van der Waals surface area contributed by atoms with E-state index in [4.69, 9.17) is 8.18 Å². The van der Waals surface area contributed by atoms with Crippen LogP contribution in [0.25, 0.3) is 0 Å².